The molecule has 0 spiro atoms. The molecule has 0 fully saturated rings. The summed E-state index contributed by atoms with van der Waals surface area (Å²) in [5.74, 6) is -4.93. The number of aromatic amines is 1. The summed E-state index contributed by atoms with van der Waals surface area (Å²) in [6.07, 6.45) is 0. The SMILES string of the molecule is Cc1cc2nc(C(F)(F)C(Cl)(Cl)Cl)[nH]c(=O)c2c(C)n1. The molecule has 0 aromatic carbocycles. The van der Waals surface area contributed by atoms with Crippen molar-refractivity contribution in [1.29, 1.82) is 0 Å². The van der Waals surface area contributed by atoms with Crippen LogP contribution in [0, 0.1) is 13.8 Å². The minimum absolute atomic E-state index is 0.0719. The number of hydrogen-bond acceptors (Lipinski definition) is 3. The molecule has 0 unspecified atom stereocenters. The number of aryl methyl sites for hydroxylation is 2. The van der Waals surface area contributed by atoms with Gasteiger partial charge in [-0.3, -0.25) is 9.78 Å². The van der Waals surface area contributed by atoms with Crippen molar-refractivity contribution in [2.45, 2.75) is 23.6 Å². The average Bonchev–Trinajstić information content (AvgIpc) is 2.25. The summed E-state index contributed by atoms with van der Waals surface area (Å²) in [7, 11) is 0. The van der Waals surface area contributed by atoms with Crippen LogP contribution in [-0.4, -0.2) is 18.7 Å². The van der Waals surface area contributed by atoms with Gasteiger partial charge < -0.3 is 4.98 Å². The summed E-state index contributed by atoms with van der Waals surface area (Å²) in [5.41, 5.74) is 0.236. The molecule has 2 rings (SSSR count). The van der Waals surface area contributed by atoms with Crippen LogP contribution in [0.2, 0.25) is 0 Å². The van der Waals surface area contributed by atoms with Gasteiger partial charge in [0.15, 0.2) is 5.82 Å². The van der Waals surface area contributed by atoms with Crippen molar-refractivity contribution < 1.29 is 8.78 Å². The molecule has 0 saturated heterocycles. The molecule has 1 N–H and O–H groups in total. The Balaban J connectivity index is 2.80. The number of alkyl halides is 5. The van der Waals surface area contributed by atoms with Crippen LogP contribution in [-0.2, 0) is 5.92 Å². The Morgan fingerprint density at radius 3 is 2.35 bits per heavy atom. The second-order valence-electron chi connectivity index (χ2n) is 4.23. The fourth-order valence-electron chi connectivity index (χ4n) is 1.78. The molecule has 0 aliphatic heterocycles. The first-order chi connectivity index (χ1) is 9.04. The zero-order chi connectivity index (χ0) is 15.3. The molecule has 0 atom stereocenters. The van der Waals surface area contributed by atoms with Gasteiger partial charge in [0, 0.05) is 5.69 Å². The monoisotopic (exact) mass is 341 g/mol. The number of nitrogens with one attached hydrogen (secondary N) is 1. The number of rotatable bonds is 1. The second-order valence-corrected chi connectivity index (χ2v) is 6.51. The smallest absolute Gasteiger partial charge is 0.305 e. The number of fused-ring (bicyclic) bond motifs is 1. The van der Waals surface area contributed by atoms with Gasteiger partial charge >= 0.3 is 5.92 Å². The standard InChI is InChI=1S/C11H8Cl3F2N3O/c1-4-3-6-7(5(2)17-4)8(20)19-9(18-6)10(15,16)11(12,13)14/h3H,1-2H3,(H,18,19,20). The van der Waals surface area contributed by atoms with Crippen molar-refractivity contribution in [3.05, 3.63) is 33.6 Å². The minimum Gasteiger partial charge on any atom is -0.305 e. The van der Waals surface area contributed by atoms with E-state index in [9.17, 15) is 13.6 Å². The highest BCUT2D eigenvalue weighted by Crippen LogP contribution is 2.47. The van der Waals surface area contributed by atoms with Crippen LogP contribution in [0.1, 0.15) is 17.2 Å². The number of nitrogens with zero attached hydrogens (tertiary/aromatic N) is 2. The molecule has 20 heavy (non-hydrogen) atoms. The first-order valence-corrected chi connectivity index (χ1v) is 6.50. The molecule has 9 heteroatoms. The summed E-state index contributed by atoms with van der Waals surface area (Å²) >= 11 is 15.7. The Morgan fingerprint density at radius 1 is 1.20 bits per heavy atom. The Morgan fingerprint density at radius 2 is 1.80 bits per heavy atom. The summed E-state index contributed by atoms with van der Waals surface area (Å²) in [4.78, 5) is 21.6. The van der Waals surface area contributed by atoms with Crippen LogP contribution in [0.3, 0.4) is 0 Å². The maximum atomic E-state index is 13.9. The summed E-state index contributed by atoms with van der Waals surface area (Å²) < 4.78 is 24.9. The molecule has 2 heterocycles. The van der Waals surface area contributed by atoms with Crippen LogP contribution >= 0.6 is 34.8 Å². The average molecular weight is 343 g/mol. The van der Waals surface area contributed by atoms with Crippen molar-refractivity contribution in [3.63, 3.8) is 0 Å². The maximum absolute atomic E-state index is 13.9. The van der Waals surface area contributed by atoms with Gasteiger partial charge in [-0.25, -0.2) is 4.98 Å². The lowest BCUT2D eigenvalue weighted by Gasteiger charge is -2.22. The third kappa shape index (κ3) is 2.47. The van der Waals surface area contributed by atoms with Crippen LogP contribution in [0.5, 0.6) is 0 Å². The van der Waals surface area contributed by atoms with Crippen molar-refractivity contribution in [1.82, 2.24) is 15.0 Å². The molecule has 4 nitrogen and oxygen atoms in total. The van der Waals surface area contributed by atoms with Gasteiger partial charge in [-0.1, -0.05) is 34.8 Å². The molecule has 108 valence electrons. The lowest BCUT2D eigenvalue weighted by atomic mass is 10.2. The molecule has 2 aromatic heterocycles. The first-order valence-electron chi connectivity index (χ1n) is 5.37. The Kier molecular flexibility index (Phi) is 3.69. The molecule has 0 saturated carbocycles. The molecular weight excluding hydrogens is 334 g/mol. The van der Waals surface area contributed by atoms with Crippen LogP contribution in [0.4, 0.5) is 8.78 Å². The van der Waals surface area contributed by atoms with Crippen LogP contribution in [0.25, 0.3) is 10.9 Å². The Hall–Kier alpha value is -0.980. The van der Waals surface area contributed by atoms with E-state index in [0.29, 0.717) is 11.4 Å². The zero-order valence-corrected chi connectivity index (χ0v) is 12.5. The second kappa shape index (κ2) is 4.79. The van der Waals surface area contributed by atoms with E-state index in [1.54, 1.807) is 13.8 Å². The van der Waals surface area contributed by atoms with Crippen molar-refractivity contribution >= 4 is 45.7 Å². The number of hydrogen-bond donors (Lipinski definition) is 1. The zero-order valence-electron chi connectivity index (χ0n) is 10.3. The van der Waals surface area contributed by atoms with E-state index in [2.05, 4.69) is 9.97 Å². The normalized spacial score (nSPS) is 12.9. The summed E-state index contributed by atoms with van der Waals surface area (Å²) in [5, 5.41) is 0.125. The van der Waals surface area contributed by atoms with Gasteiger partial charge in [-0.15, -0.1) is 0 Å². The molecular formula is C11H8Cl3F2N3O. The molecule has 0 radical (unpaired) electrons. The highest BCUT2D eigenvalue weighted by atomic mass is 35.6. The van der Waals surface area contributed by atoms with E-state index >= 15 is 0 Å². The van der Waals surface area contributed by atoms with E-state index in [4.69, 9.17) is 34.8 Å². The minimum atomic E-state index is -3.93. The quantitative estimate of drug-likeness (QED) is 0.808. The van der Waals surface area contributed by atoms with Crippen molar-refractivity contribution in [2.24, 2.45) is 0 Å². The highest BCUT2D eigenvalue weighted by Gasteiger charge is 2.54. The van der Waals surface area contributed by atoms with E-state index in [-0.39, 0.29) is 10.9 Å². The number of aromatic nitrogens is 3. The fourth-order valence-corrected chi connectivity index (χ4v) is 2.05. The third-order valence-corrected chi connectivity index (χ3v) is 3.36. The predicted octanol–water partition coefficient (Wildman–Crippen LogP) is 3.40. The first kappa shape index (κ1) is 15.4. The predicted molar refractivity (Wildman–Crippen MR) is 73.8 cm³/mol. The highest BCUT2D eigenvalue weighted by molar-refractivity contribution is 6.68. The molecule has 0 bridgehead atoms. The van der Waals surface area contributed by atoms with Gasteiger partial charge in [0.2, 0.25) is 0 Å². The van der Waals surface area contributed by atoms with E-state index in [1.165, 1.54) is 6.07 Å². The largest absolute Gasteiger partial charge is 0.350 e. The van der Waals surface area contributed by atoms with Gasteiger partial charge in [0.25, 0.3) is 9.35 Å². The number of halogens is 5. The van der Waals surface area contributed by atoms with E-state index in [1.807, 2.05) is 4.98 Å². The molecule has 0 amide bonds. The summed E-state index contributed by atoms with van der Waals surface area (Å²) in [6.45, 7) is 3.24. The lowest BCUT2D eigenvalue weighted by molar-refractivity contribution is -0.00941. The Labute approximate surface area is 127 Å². The number of H-pyrrole nitrogens is 1. The van der Waals surface area contributed by atoms with E-state index in [0.717, 1.165) is 0 Å². The van der Waals surface area contributed by atoms with Gasteiger partial charge in [0.1, 0.15) is 0 Å². The maximum Gasteiger partial charge on any atom is 0.350 e. The lowest BCUT2D eigenvalue weighted by Crippen LogP contribution is -2.34. The van der Waals surface area contributed by atoms with Crippen LogP contribution < -0.4 is 5.56 Å². The molecule has 0 aliphatic rings. The topological polar surface area (TPSA) is 58.6 Å². The Bertz CT molecular complexity index is 740. The molecule has 0 aliphatic carbocycles. The van der Waals surface area contributed by atoms with Crippen molar-refractivity contribution in [3.8, 4) is 0 Å². The van der Waals surface area contributed by atoms with Crippen LogP contribution in [0.15, 0.2) is 10.9 Å². The fraction of sp³-hybridized carbons (Fsp3) is 0.364. The third-order valence-electron chi connectivity index (χ3n) is 2.65. The summed E-state index contributed by atoms with van der Waals surface area (Å²) in [6, 6.07) is 1.41. The number of pyridine rings is 1. The molecule has 2 aromatic rings. The van der Waals surface area contributed by atoms with Gasteiger partial charge in [-0.05, 0) is 19.9 Å². The van der Waals surface area contributed by atoms with Gasteiger partial charge in [-0.2, -0.15) is 8.78 Å². The van der Waals surface area contributed by atoms with Crippen molar-refractivity contribution in [2.75, 3.05) is 0 Å². The van der Waals surface area contributed by atoms with E-state index < -0.39 is 21.1 Å². The van der Waals surface area contributed by atoms with Gasteiger partial charge in [0.05, 0.1) is 16.6 Å².